The predicted octanol–water partition coefficient (Wildman–Crippen LogP) is 3.46. The van der Waals surface area contributed by atoms with Crippen molar-refractivity contribution in [1.82, 2.24) is 0 Å². The first-order valence-electron chi connectivity index (χ1n) is 4.15. The van der Waals surface area contributed by atoms with Gasteiger partial charge >= 0.3 is 0 Å². The minimum Gasteiger partial charge on any atom is -0.505 e. The molecule has 0 aliphatic rings. The van der Waals surface area contributed by atoms with Crippen LogP contribution in [0.2, 0.25) is 0 Å². The molecule has 0 atom stereocenters. The maximum atomic E-state index is 9.70. The summed E-state index contributed by atoms with van der Waals surface area (Å²) >= 11 is 5.79. The molecule has 0 aliphatic carbocycles. The number of fused-ring (bicyclic) bond motifs is 1. The molecule has 68 valence electrons. The minimum absolute atomic E-state index is 0.311. The fourth-order valence-electron chi connectivity index (χ4n) is 1.47. The van der Waals surface area contributed by atoms with Gasteiger partial charge in [-0.15, -0.1) is 24.0 Å². The second kappa shape index (κ2) is 3.24. The van der Waals surface area contributed by atoms with E-state index in [4.69, 9.17) is 0 Å². The van der Waals surface area contributed by atoms with Gasteiger partial charge in [0.2, 0.25) is 0 Å². The van der Waals surface area contributed by atoms with E-state index in [0.717, 1.165) is 16.5 Å². The van der Waals surface area contributed by atoms with E-state index in [1.807, 2.05) is 17.5 Å². The summed E-state index contributed by atoms with van der Waals surface area (Å²) in [7, 11) is 0. The summed E-state index contributed by atoms with van der Waals surface area (Å²) in [6, 6.07) is 3.99. The topological polar surface area (TPSA) is 20.2 Å². The summed E-state index contributed by atoms with van der Waals surface area (Å²) in [4.78, 5) is 0.673. The second-order valence-electron chi connectivity index (χ2n) is 2.92. The molecule has 0 unspecified atom stereocenters. The number of rotatable bonds is 1. The van der Waals surface area contributed by atoms with Crippen LogP contribution in [0.15, 0.2) is 22.4 Å². The third-order valence-electron chi connectivity index (χ3n) is 2.16. The lowest BCUT2D eigenvalue weighted by molar-refractivity contribution is 0.470. The summed E-state index contributed by atoms with van der Waals surface area (Å²) < 4.78 is 0.948. The van der Waals surface area contributed by atoms with Crippen molar-refractivity contribution in [1.29, 1.82) is 0 Å². The van der Waals surface area contributed by atoms with Crippen molar-refractivity contribution in [3.63, 3.8) is 0 Å². The SMILES string of the molecule is CCc1cc(S)c(O)c2sccc12. The number of aromatic hydroxyl groups is 1. The van der Waals surface area contributed by atoms with Gasteiger partial charge in [0.1, 0.15) is 5.75 Å². The normalized spacial score (nSPS) is 10.9. The number of thiophene rings is 1. The van der Waals surface area contributed by atoms with E-state index < -0.39 is 0 Å². The lowest BCUT2D eigenvalue weighted by atomic mass is 10.1. The van der Waals surface area contributed by atoms with Gasteiger partial charge in [0, 0.05) is 4.90 Å². The van der Waals surface area contributed by atoms with Crippen LogP contribution in [-0.2, 0) is 6.42 Å². The highest BCUT2D eigenvalue weighted by atomic mass is 32.1. The van der Waals surface area contributed by atoms with Gasteiger partial charge in [0.05, 0.1) is 4.70 Å². The highest BCUT2D eigenvalue weighted by Gasteiger charge is 2.08. The molecule has 0 bridgehead atoms. The molecular weight excluding hydrogens is 200 g/mol. The summed E-state index contributed by atoms with van der Waals surface area (Å²) in [6.07, 6.45) is 0.973. The Bertz CT molecular complexity index is 445. The van der Waals surface area contributed by atoms with E-state index in [1.54, 1.807) is 11.3 Å². The molecule has 3 heteroatoms. The Kier molecular flexibility index (Phi) is 2.22. The van der Waals surface area contributed by atoms with Crippen molar-refractivity contribution >= 4 is 34.1 Å². The first kappa shape index (κ1) is 8.91. The van der Waals surface area contributed by atoms with Crippen LogP contribution in [-0.4, -0.2) is 5.11 Å². The van der Waals surface area contributed by atoms with Gasteiger partial charge in [0.15, 0.2) is 0 Å². The van der Waals surface area contributed by atoms with Crippen molar-refractivity contribution in [2.24, 2.45) is 0 Å². The molecular formula is C10H10OS2. The molecule has 13 heavy (non-hydrogen) atoms. The molecule has 1 nitrogen and oxygen atoms in total. The molecule has 0 saturated carbocycles. The van der Waals surface area contributed by atoms with E-state index in [2.05, 4.69) is 19.6 Å². The van der Waals surface area contributed by atoms with Crippen LogP contribution in [0.1, 0.15) is 12.5 Å². The smallest absolute Gasteiger partial charge is 0.146 e. The molecule has 0 radical (unpaired) electrons. The van der Waals surface area contributed by atoms with E-state index in [-0.39, 0.29) is 0 Å². The summed E-state index contributed by atoms with van der Waals surface area (Å²) in [5.74, 6) is 0.311. The molecule has 0 saturated heterocycles. The Balaban J connectivity index is 2.87. The fraction of sp³-hybridized carbons (Fsp3) is 0.200. The van der Waals surface area contributed by atoms with Crippen LogP contribution in [0.4, 0.5) is 0 Å². The van der Waals surface area contributed by atoms with E-state index in [1.165, 1.54) is 5.56 Å². The van der Waals surface area contributed by atoms with E-state index in [9.17, 15) is 5.11 Å². The Morgan fingerprint density at radius 1 is 1.54 bits per heavy atom. The van der Waals surface area contributed by atoms with Crippen LogP contribution in [0.3, 0.4) is 0 Å². The third kappa shape index (κ3) is 1.32. The molecule has 0 aliphatic heterocycles. The van der Waals surface area contributed by atoms with Gasteiger partial charge < -0.3 is 5.11 Å². The predicted molar refractivity (Wildman–Crippen MR) is 60.1 cm³/mol. The van der Waals surface area contributed by atoms with Crippen LogP contribution < -0.4 is 0 Å². The van der Waals surface area contributed by atoms with Gasteiger partial charge in [-0.25, -0.2) is 0 Å². The number of phenolic OH excluding ortho intramolecular Hbond substituents is 1. The molecule has 1 aromatic heterocycles. The van der Waals surface area contributed by atoms with Crippen LogP contribution in [0.5, 0.6) is 5.75 Å². The minimum atomic E-state index is 0.311. The Morgan fingerprint density at radius 3 is 3.00 bits per heavy atom. The van der Waals surface area contributed by atoms with Crippen LogP contribution >= 0.6 is 24.0 Å². The zero-order valence-corrected chi connectivity index (χ0v) is 8.95. The van der Waals surface area contributed by atoms with Gasteiger partial charge in [-0.3, -0.25) is 0 Å². The number of hydrogen-bond donors (Lipinski definition) is 2. The van der Waals surface area contributed by atoms with Gasteiger partial charge in [-0.2, -0.15) is 0 Å². The number of hydrogen-bond acceptors (Lipinski definition) is 3. The quantitative estimate of drug-likeness (QED) is 0.691. The summed E-state index contributed by atoms with van der Waals surface area (Å²) in [6.45, 7) is 2.11. The molecule has 0 spiro atoms. The number of thiol groups is 1. The third-order valence-corrected chi connectivity index (χ3v) is 3.42. The van der Waals surface area contributed by atoms with Gasteiger partial charge in [-0.05, 0) is 34.9 Å². The largest absolute Gasteiger partial charge is 0.505 e. The Labute approximate surface area is 86.4 Å². The maximum absolute atomic E-state index is 9.70. The monoisotopic (exact) mass is 210 g/mol. The first-order chi connectivity index (χ1) is 6.24. The molecule has 2 aromatic rings. The average Bonchev–Trinajstić information content (AvgIpc) is 2.60. The molecule has 1 heterocycles. The van der Waals surface area contributed by atoms with E-state index >= 15 is 0 Å². The van der Waals surface area contributed by atoms with Gasteiger partial charge in [-0.1, -0.05) is 6.92 Å². The number of phenols is 1. The van der Waals surface area contributed by atoms with Crippen molar-refractivity contribution in [2.75, 3.05) is 0 Å². The standard InChI is InChI=1S/C10H10OS2/c1-2-6-5-8(12)9(11)10-7(6)3-4-13-10/h3-5,11-12H,2H2,1H3. The van der Waals surface area contributed by atoms with Crippen molar-refractivity contribution in [3.8, 4) is 5.75 Å². The number of aryl methyl sites for hydroxylation is 1. The molecule has 1 N–H and O–H groups in total. The fourth-order valence-corrected chi connectivity index (χ4v) is 2.70. The summed E-state index contributed by atoms with van der Waals surface area (Å²) in [5.41, 5.74) is 1.25. The molecule has 0 fully saturated rings. The molecule has 1 aromatic carbocycles. The lowest BCUT2D eigenvalue weighted by Gasteiger charge is -2.04. The maximum Gasteiger partial charge on any atom is 0.146 e. The molecule has 2 rings (SSSR count). The lowest BCUT2D eigenvalue weighted by Crippen LogP contribution is -1.82. The average molecular weight is 210 g/mol. The van der Waals surface area contributed by atoms with Crippen molar-refractivity contribution < 1.29 is 5.11 Å². The summed E-state index contributed by atoms with van der Waals surface area (Å²) in [5, 5.41) is 12.9. The number of benzene rings is 1. The Morgan fingerprint density at radius 2 is 2.31 bits per heavy atom. The van der Waals surface area contributed by atoms with Crippen molar-refractivity contribution in [2.45, 2.75) is 18.2 Å². The van der Waals surface area contributed by atoms with Gasteiger partial charge in [0.25, 0.3) is 0 Å². The second-order valence-corrected chi connectivity index (χ2v) is 4.32. The van der Waals surface area contributed by atoms with Crippen molar-refractivity contribution in [3.05, 3.63) is 23.1 Å². The highest BCUT2D eigenvalue weighted by molar-refractivity contribution is 7.80. The highest BCUT2D eigenvalue weighted by Crippen LogP contribution is 2.37. The zero-order valence-electron chi connectivity index (χ0n) is 7.24. The van der Waals surface area contributed by atoms with Crippen LogP contribution in [0.25, 0.3) is 10.1 Å². The molecule has 0 amide bonds. The first-order valence-corrected chi connectivity index (χ1v) is 5.47. The van der Waals surface area contributed by atoms with Crippen LogP contribution in [0, 0.1) is 0 Å². The Hall–Kier alpha value is -0.670. The van der Waals surface area contributed by atoms with E-state index in [0.29, 0.717) is 10.6 Å². The zero-order chi connectivity index (χ0) is 9.42.